The number of hydrogen-bond acceptors (Lipinski definition) is 3. The highest BCUT2D eigenvalue weighted by atomic mass is 79.9. The lowest BCUT2D eigenvalue weighted by Gasteiger charge is -2.33. The minimum atomic E-state index is 0.520. The Kier molecular flexibility index (Phi) is 5.25. The van der Waals surface area contributed by atoms with Crippen molar-refractivity contribution in [2.45, 2.75) is 25.4 Å². The molecule has 1 heterocycles. The van der Waals surface area contributed by atoms with Crippen LogP contribution in [0.1, 0.15) is 13.3 Å². The van der Waals surface area contributed by atoms with Crippen LogP contribution < -0.4 is 10.2 Å². The Labute approximate surface area is 125 Å². The van der Waals surface area contributed by atoms with Crippen LogP contribution in [0, 0.1) is 0 Å². The molecule has 3 nitrogen and oxygen atoms in total. The Morgan fingerprint density at radius 1 is 1.37 bits per heavy atom. The van der Waals surface area contributed by atoms with Crippen molar-refractivity contribution in [3.8, 4) is 0 Å². The number of anilines is 1. The molecule has 0 amide bonds. The number of nitrogens with zero attached hydrogens (tertiary/aromatic N) is 2. The lowest BCUT2D eigenvalue weighted by Crippen LogP contribution is -2.45. The Hall–Kier alpha value is -0.580. The second-order valence-electron chi connectivity index (χ2n) is 5.65. The fraction of sp³-hybridized carbons (Fsp3) is 0.600. The number of halogens is 1. The molecule has 1 aliphatic rings. The average Bonchev–Trinajstić information content (AvgIpc) is 2.52. The molecule has 1 aliphatic heterocycles. The molecular formula is C15H24BrN3. The summed E-state index contributed by atoms with van der Waals surface area (Å²) in [6.07, 6.45) is 1.19. The molecule has 1 saturated heterocycles. The largest absolute Gasteiger partial charge is 0.366 e. The van der Waals surface area contributed by atoms with Gasteiger partial charge in [0.05, 0.1) is 5.69 Å². The van der Waals surface area contributed by atoms with Crippen molar-refractivity contribution in [1.29, 1.82) is 0 Å². The summed E-state index contributed by atoms with van der Waals surface area (Å²) in [5.74, 6) is 0. The van der Waals surface area contributed by atoms with E-state index in [0.717, 1.165) is 19.6 Å². The molecule has 2 rings (SSSR count). The van der Waals surface area contributed by atoms with Gasteiger partial charge in [-0.05, 0) is 62.0 Å². The van der Waals surface area contributed by atoms with Gasteiger partial charge < -0.3 is 15.1 Å². The quantitative estimate of drug-likeness (QED) is 0.921. The monoisotopic (exact) mass is 325 g/mol. The summed E-state index contributed by atoms with van der Waals surface area (Å²) in [5.41, 5.74) is 1.31. The van der Waals surface area contributed by atoms with Crippen LogP contribution in [0.5, 0.6) is 0 Å². The fourth-order valence-electron chi connectivity index (χ4n) is 2.72. The van der Waals surface area contributed by atoms with Gasteiger partial charge in [-0.2, -0.15) is 0 Å². The molecule has 106 valence electrons. The van der Waals surface area contributed by atoms with Gasteiger partial charge in [0.1, 0.15) is 0 Å². The number of para-hydroxylation sites is 1. The molecule has 1 fully saturated rings. The maximum atomic E-state index is 3.68. The predicted molar refractivity (Wildman–Crippen MR) is 85.9 cm³/mol. The van der Waals surface area contributed by atoms with Gasteiger partial charge in [-0.3, -0.25) is 0 Å². The smallest absolute Gasteiger partial charge is 0.0513 e. The number of rotatable bonds is 3. The summed E-state index contributed by atoms with van der Waals surface area (Å²) < 4.78 is 1.19. The van der Waals surface area contributed by atoms with Crippen LogP contribution in [0.15, 0.2) is 28.7 Å². The lowest BCUT2D eigenvalue weighted by atomic mass is 10.1. The first-order chi connectivity index (χ1) is 9.08. The van der Waals surface area contributed by atoms with Gasteiger partial charge in [0, 0.05) is 29.6 Å². The summed E-state index contributed by atoms with van der Waals surface area (Å²) in [5, 5.41) is 3.66. The summed E-state index contributed by atoms with van der Waals surface area (Å²) in [4.78, 5) is 4.78. The summed E-state index contributed by atoms with van der Waals surface area (Å²) in [7, 11) is 4.28. The van der Waals surface area contributed by atoms with Crippen LogP contribution in [0.4, 0.5) is 5.69 Å². The first-order valence-electron chi connectivity index (χ1n) is 6.97. The van der Waals surface area contributed by atoms with Crippen molar-refractivity contribution in [3.63, 3.8) is 0 Å². The molecule has 4 heteroatoms. The van der Waals surface area contributed by atoms with Crippen molar-refractivity contribution in [2.75, 3.05) is 38.6 Å². The van der Waals surface area contributed by atoms with Gasteiger partial charge >= 0.3 is 0 Å². The topological polar surface area (TPSA) is 18.5 Å². The van der Waals surface area contributed by atoms with Crippen LogP contribution in [-0.4, -0.2) is 50.7 Å². The number of nitrogens with one attached hydrogen (secondary N) is 1. The van der Waals surface area contributed by atoms with Gasteiger partial charge in [-0.25, -0.2) is 0 Å². The fourth-order valence-corrected chi connectivity index (χ4v) is 3.23. The molecule has 2 atom stereocenters. The SMILES string of the molecule is CC1CCNC(CN(C)C)CN1c1ccccc1Br. The van der Waals surface area contributed by atoms with E-state index < -0.39 is 0 Å². The van der Waals surface area contributed by atoms with Crippen molar-refractivity contribution in [1.82, 2.24) is 10.2 Å². The second-order valence-corrected chi connectivity index (χ2v) is 6.51. The third-order valence-electron chi connectivity index (χ3n) is 3.69. The number of benzene rings is 1. The van der Waals surface area contributed by atoms with Crippen molar-refractivity contribution in [3.05, 3.63) is 28.7 Å². The first kappa shape index (κ1) is 14.8. The van der Waals surface area contributed by atoms with E-state index in [1.54, 1.807) is 0 Å². The number of hydrogen-bond donors (Lipinski definition) is 1. The van der Waals surface area contributed by atoms with Crippen molar-refractivity contribution in [2.24, 2.45) is 0 Å². The lowest BCUT2D eigenvalue weighted by molar-refractivity contribution is 0.346. The summed E-state index contributed by atoms with van der Waals surface area (Å²) >= 11 is 3.68. The number of likely N-dealkylation sites (N-methyl/N-ethyl adjacent to an activating group) is 1. The Morgan fingerprint density at radius 3 is 2.79 bits per heavy atom. The summed E-state index contributed by atoms with van der Waals surface area (Å²) in [6.45, 7) is 5.55. The molecule has 19 heavy (non-hydrogen) atoms. The van der Waals surface area contributed by atoms with Gasteiger partial charge in [0.15, 0.2) is 0 Å². The molecule has 0 aliphatic carbocycles. The average molecular weight is 326 g/mol. The van der Waals surface area contributed by atoms with Gasteiger partial charge in [-0.15, -0.1) is 0 Å². The van der Waals surface area contributed by atoms with Crippen molar-refractivity contribution >= 4 is 21.6 Å². The van der Waals surface area contributed by atoms with Crippen LogP contribution in [0.25, 0.3) is 0 Å². The van der Waals surface area contributed by atoms with E-state index >= 15 is 0 Å². The zero-order valence-electron chi connectivity index (χ0n) is 12.1. The van der Waals surface area contributed by atoms with E-state index in [1.165, 1.54) is 16.6 Å². The Morgan fingerprint density at radius 2 is 2.11 bits per heavy atom. The van der Waals surface area contributed by atoms with E-state index in [0.29, 0.717) is 12.1 Å². The Bertz CT molecular complexity index is 408. The van der Waals surface area contributed by atoms with Gasteiger partial charge in [0.25, 0.3) is 0 Å². The van der Waals surface area contributed by atoms with Crippen LogP contribution in [-0.2, 0) is 0 Å². The van der Waals surface area contributed by atoms with Crippen molar-refractivity contribution < 1.29 is 0 Å². The molecule has 1 N–H and O–H groups in total. The second kappa shape index (κ2) is 6.73. The molecule has 2 unspecified atom stereocenters. The van der Waals surface area contributed by atoms with E-state index in [-0.39, 0.29) is 0 Å². The summed E-state index contributed by atoms with van der Waals surface area (Å²) in [6, 6.07) is 9.61. The van der Waals surface area contributed by atoms with Gasteiger partial charge in [0.2, 0.25) is 0 Å². The molecule has 0 aromatic heterocycles. The highest BCUT2D eigenvalue weighted by Gasteiger charge is 2.24. The van der Waals surface area contributed by atoms with Crippen LogP contribution in [0.3, 0.4) is 0 Å². The minimum absolute atomic E-state index is 0.520. The van der Waals surface area contributed by atoms with E-state index in [1.807, 2.05) is 0 Å². The zero-order chi connectivity index (χ0) is 13.8. The Balaban J connectivity index is 2.18. The van der Waals surface area contributed by atoms with Crippen LogP contribution >= 0.6 is 15.9 Å². The molecule has 0 bridgehead atoms. The third kappa shape index (κ3) is 3.94. The normalized spacial score (nSPS) is 24.6. The molecule has 1 aromatic rings. The molecule has 0 spiro atoms. The van der Waals surface area contributed by atoms with Crippen LogP contribution in [0.2, 0.25) is 0 Å². The molecular weight excluding hydrogens is 302 g/mol. The maximum Gasteiger partial charge on any atom is 0.0513 e. The highest BCUT2D eigenvalue weighted by Crippen LogP contribution is 2.28. The molecule has 0 saturated carbocycles. The minimum Gasteiger partial charge on any atom is -0.366 e. The van der Waals surface area contributed by atoms with Gasteiger partial charge in [-0.1, -0.05) is 12.1 Å². The zero-order valence-corrected chi connectivity index (χ0v) is 13.7. The molecule has 1 aromatic carbocycles. The van der Waals surface area contributed by atoms with E-state index in [4.69, 9.17) is 0 Å². The first-order valence-corrected chi connectivity index (χ1v) is 7.76. The highest BCUT2D eigenvalue weighted by molar-refractivity contribution is 9.10. The maximum absolute atomic E-state index is 3.68. The standard InChI is InChI=1S/C15H24BrN3/c1-12-8-9-17-13(10-18(2)3)11-19(12)15-7-5-4-6-14(15)16/h4-7,12-13,17H,8-11H2,1-3H3. The van der Waals surface area contributed by atoms with E-state index in [2.05, 4.69) is 76.3 Å². The van der Waals surface area contributed by atoms with E-state index in [9.17, 15) is 0 Å². The molecule has 0 radical (unpaired) electrons. The third-order valence-corrected chi connectivity index (χ3v) is 4.36. The predicted octanol–water partition coefficient (Wildman–Crippen LogP) is 2.57.